The van der Waals surface area contributed by atoms with Crippen molar-refractivity contribution in [2.24, 2.45) is 0 Å². The van der Waals surface area contributed by atoms with Gasteiger partial charge in [-0.2, -0.15) is 0 Å². The number of hydrogen-bond acceptors (Lipinski definition) is 3. The number of carbonyl (C=O) groups is 1. The Morgan fingerprint density at radius 3 is 2.86 bits per heavy atom. The molecule has 1 aliphatic heterocycles. The molecule has 0 aromatic heterocycles. The van der Waals surface area contributed by atoms with Crippen molar-refractivity contribution in [3.63, 3.8) is 0 Å². The van der Waals surface area contributed by atoms with E-state index in [1.807, 2.05) is 19.1 Å². The van der Waals surface area contributed by atoms with Crippen molar-refractivity contribution in [3.05, 3.63) is 58.4 Å². The van der Waals surface area contributed by atoms with E-state index in [-0.39, 0.29) is 11.3 Å². The first-order chi connectivity index (χ1) is 10.1. The number of rotatable bonds is 2. The molecule has 0 bridgehead atoms. The van der Waals surface area contributed by atoms with Gasteiger partial charge in [0.25, 0.3) is 0 Å². The Morgan fingerprint density at radius 1 is 1.29 bits per heavy atom. The summed E-state index contributed by atoms with van der Waals surface area (Å²) < 4.78 is 19.8. The van der Waals surface area contributed by atoms with E-state index in [0.29, 0.717) is 30.0 Å². The second-order valence-electron chi connectivity index (χ2n) is 5.23. The van der Waals surface area contributed by atoms with Crippen molar-refractivity contribution < 1.29 is 13.9 Å². The molecule has 0 spiro atoms. The molecule has 0 amide bonds. The minimum absolute atomic E-state index is 0.114. The smallest absolute Gasteiger partial charge is 0.200 e. The number of benzene rings is 2. The molecule has 21 heavy (non-hydrogen) atoms. The van der Waals surface area contributed by atoms with Crippen LogP contribution in [0.1, 0.15) is 27.0 Å². The number of anilines is 1. The van der Waals surface area contributed by atoms with Gasteiger partial charge in [-0.05, 0) is 43.2 Å². The van der Waals surface area contributed by atoms with Crippen molar-refractivity contribution >= 4 is 11.5 Å². The van der Waals surface area contributed by atoms with E-state index in [4.69, 9.17) is 4.74 Å². The highest BCUT2D eigenvalue weighted by Gasteiger charge is 2.23. The highest BCUT2D eigenvalue weighted by Crippen LogP contribution is 2.33. The highest BCUT2D eigenvalue weighted by atomic mass is 19.1. The van der Waals surface area contributed by atoms with Crippen molar-refractivity contribution in [3.8, 4) is 5.75 Å². The Kier molecular flexibility index (Phi) is 3.37. The molecule has 0 radical (unpaired) electrons. The van der Waals surface area contributed by atoms with Crippen LogP contribution in [0.3, 0.4) is 0 Å². The van der Waals surface area contributed by atoms with E-state index >= 15 is 0 Å². The molecule has 4 heteroatoms. The molecular formula is C17H16FNO2. The Morgan fingerprint density at radius 2 is 2.10 bits per heavy atom. The van der Waals surface area contributed by atoms with Crippen molar-refractivity contribution in [2.75, 3.05) is 18.5 Å². The number of aryl methyl sites for hydroxylation is 2. The fraction of sp³-hybridized carbons (Fsp3) is 0.235. The average molecular weight is 285 g/mol. The normalized spacial score (nSPS) is 13.1. The fourth-order valence-corrected chi connectivity index (χ4v) is 2.69. The van der Waals surface area contributed by atoms with Gasteiger partial charge in [0.1, 0.15) is 12.4 Å². The number of para-hydroxylation sites is 1. The quantitative estimate of drug-likeness (QED) is 0.859. The first kappa shape index (κ1) is 13.6. The third-order valence-corrected chi connectivity index (χ3v) is 3.58. The van der Waals surface area contributed by atoms with Gasteiger partial charge in [-0.1, -0.05) is 12.1 Å². The Bertz CT molecular complexity index is 702. The predicted octanol–water partition coefficient (Wildman–Crippen LogP) is 3.48. The number of carbonyl (C=O) groups excluding carboxylic acids is 1. The van der Waals surface area contributed by atoms with Crippen LogP contribution in [0.15, 0.2) is 30.3 Å². The molecule has 0 aliphatic carbocycles. The minimum atomic E-state index is -0.487. The van der Waals surface area contributed by atoms with E-state index in [9.17, 15) is 9.18 Å². The Balaban J connectivity index is 2.12. The van der Waals surface area contributed by atoms with Crippen LogP contribution in [-0.2, 0) is 0 Å². The lowest BCUT2D eigenvalue weighted by molar-refractivity contribution is 0.103. The van der Waals surface area contributed by atoms with Gasteiger partial charge in [-0.3, -0.25) is 4.79 Å². The molecular weight excluding hydrogens is 269 g/mol. The molecule has 0 saturated carbocycles. The van der Waals surface area contributed by atoms with Gasteiger partial charge in [0.05, 0.1) is 16.8 Å². The van der Waals surface area contributed by atoms with Crippen LogP contribution in [0.25, 0.3) is 0 Å². The number of ether oxygens (including phenoxy) is 1. The third kappa shape index (κ3) is 2.37. The van der Waals surface area contributed by atoms with Crippen LogP contribution in [0.2, 0.25) is 0 Å². The lowest BCUT2D eigenvalue weighted by Gasteiger charge is -2.21. The van der Waals surface area contributed by atoms with Crippen molar-refractivity contribution in [1.82, 2.24) is 0 Å². The van der Waals surface area contributed by atoms with Crippen LogP contribution < -0.4 is 10.1 Å². The number of hydrogen-bond donors (Lipinski definition) is 1. The number of halogens is 1. The SMILES string of the molecule is Cc1cc(C)c(C(=O)c2cccc3c2OCCN3)c(F)c1. The zero-order chi connectivity index (χ0) is 15.0. The Hall–Kier alpha value is -2.36. The van der Waals surface area contributed by atoms with E-state index < -0.39 is 5.82 Å². The van der Waals surface area contributed by atoms with Crippen LogP contribution in [-0.4, -0.2) is 18.9 Å². The molecule has 1 N–H and O–H groups in total. The number of nitrogens with one attached hydrogen (secondary N) is 1. The molecule has 0 fully saturated rings. The van der Waals surface area contributed by atoms with E-state index in [1.165, 1.54) is 6.07 Å². The molecule has 0 atom stereocenters. The summed E-state index contributed by atoms with van der Waals surface area (Å²) in [5.74, 6) is -0.322. The van der Waals surface area contributed by atoms with Gasteiger partial charge >= 0.3 is 0 Å². The summed E-state index contributed by atoms with van der Waals surface area (Å²) in [5.41, 5.74) is 2.72. The van der Waals surface area contributed by atoms with E-state index in [0.717, 1.165) is 11.3 Å². The first-order valence-corrected chi connectivity index (χ1v) is 6.89. The molecule has 3 nitrogen and oxygen atoms in total. The topological polar surface area (TPSA) is 38.3 Å². The fourth-order valence-electron chi connectivity index (χ4n) is 2.69. The summed E-state index contributed by atoms with van der Waals surface area (Å²) in [5, 5.41) is 3.18. The summed E-state index contributed by atoms with van der Waals surface area (Å²) in [4.78, 5) is 12.7. The van der Waals surface area contributed by atoms with Gasteiger partial charge in [0, 0.05) is 6.54 Å². The highest BCUT2D eigenvalue weighted by molar-refractivity contribution is 6.12. The zero-order valence-corrected chi connectivity index (χ0v) is 12.0. The monoisotopic (exact) mass is 285 g/mol. The second kappa shape index (κ2) is 5.20. The van der Waals surface area contributed by atoms with Crippen LogP contribution in [0.5, 0.6) is 5.75 Å². The summed E-state index contributed by atoms with van der Waals surface area (Å²) in [6, 6.07) is 8.49. The molecule has 2 aromatic rings. The lowest BCUT2D eigenvalue weighted by Crippen LogP contribution is -2.20. The maximum atomic E-state index is 14.2. The van der Waals surface area contributed by atoms with Crippen LogP contribution in [0.4, 0.5) is 10.1 Å². The second-order valence-corrected chi connectivity index (χ2v) is 5.23. The number of ketones is 1. The zero-order valence-electron chi connectivity index (χ0n) is 12.0. The lowest BCUT2D eigenvalue weighted by atomic mass is 9.95. The van der Waals surface area contributed by atoms with Gasteiger partial charge in [0.2, 0.25) is 0 Å². The predicted molar refractivity (Wildman–Crippen MR) is 79.7 cm³/mol. The van der Waals surface area contributed by atoms with E-state index in [1.54, 1.807) is 19.1 Å². The van der Waals surface area contributed by atoms with Gasteiger partial charge in [0.15, 0.2) is 11.5 Å². The van der Waals surface area contributed by atoms with E-state index in [2.05, 4.69) is 5.32 Å². The van der Waals surface area contributed by atoms with Crippen molar-refractivity contribution in [1.29, 1.82) is 0 Å². The van der Waals surface area contributed by atoms with Gasteiger partial charge in [-0.15, -0.1) is 0 Å². The molecule has 3 rings (SSSR count). The van der Waals surface area contributed by atoms with Gasteiger partial charge < -0.3 is 10.1 Å². The standard InChI is InChI=1S/C17H16FNO2/c1-10-8-11(2)15(13(18)9-10)16(20)12-4-3-5-14-17(12)21-7-6-19-14/h3-5,8-9,19H,6-7H2,1-2H3. The molecule has 0 saturated heterocycles. The maximum Gasteiger partial charge on any atom is 0.200 e. The third-order valence-electron chi connectivity index (χ3n) is 3.58. The molecule has 108 valence electrons. The van der Waals surface area contributed by atoms with Gasteiger partial charge in [-0.25, -0.2) is 4.39 Å². The van der Waals surface area contributed by atoms with Crippen LogP contribution in [0, 0.1) is 19.7 Å². The largest absolute Gasteiger partial charge is 0.489 e. The summed E-state index contributed by atoms with van der Waals surface area (Å²) in [6.45, 7) is 4.74. The minimum Gasteiger partial charge on any atom is -0.489 e. The Labute approximate surface area is 122 Å². The molecule has 2 aromatic carbocycles. The summed E-state index contributed by atoms with van der Waals surface area (Å²) in [6.07, 6.45) is 0. The van der Waals surface area contributed by atoms with Crippen LogP contribution >= 0.6 is 0 Å². The number of fused-ring (bicyclic) bond motifs is 1. The molecule has 1 heterocycles. The summed E-state index contributed by atoms with van der Waals surface area (Å²) >= 11 is 0. The molecule has 1 aliphatic rings. The van der Waals surface area contributed by atoms with Crippen molar-refractivity contribution in [2.45, 2.75) is 13.8 Å². The first-order valence-electron chi connectivity index (χ1n) is 6.89. The maximum absolute atomic E-state index is 14.2. The average Bonchev–Trinajstić information content (AvgIpc) is 2.45. The summed E-state index contributed by atoms with van der Waals surface area (Å²) in [7, 11) is 0. The molecule has 0 unspecified atom stereocenters.